The Morgan fingerprint density at radius 1 is 1.16 bits per heavy atom. The third-order valence-electron chi connectivity index (χ3n) is 6.11. The molecule has 2 aliphatic carbocycles. The number of pyridine rings is 1. The second kappa shape index (κ2) is 6.71. The van der Waals surface area contributed by atoms with Crippen molar-refractivity contribution in [1.29, 1.82) is 5.26 Å². The topological polar surface area (TPSA) is 110 Å². The van der Waals surface area contributed by atoms with E-state index in [0.717, 1.165) is 6.42 Å². The Labute approximate surface area is 176 Å². The SMILES string of the molecule is N#Cc1ccc2c(=O)n(Cc3nc([C@@H]4[C@H]5C=C(c6ccccc6)C[C@H]54)no3)cnc2n1. The van der Waals surface area contributed by atoms with E-state index < -0.39 is 0 Å². The predicted octanol–water partition coefficient (Wildman–Crippen LogP) is 2.91. The minimum absolute atomic E-state index is 0.141. The quantitative estimate of drug-likeness (QED) is 0.510. The lowest BCUT2D eigenvalue weighted by Gasteiger charge is -2.05. The van der Waals surface area contributed by atoms with E-state index in [1.807, 2.05) is 12.1 Å². The zero-order valence-electron chi connectivity index (χ0n) is 16.3. The fourth-order valence-electron chi connectivity index (χ4n) is 4.51. The van der Waals surface area contributed by atoms with Crippen molar-refractivity contribution in [2.75, 3.05) is 0 Å². The van der Waals surface area contributed by atoms with Crippen molar-refractivity contribution in [3.05, 3.63) is 88.2 Å². The molecule has 0 amide bonds. The number of hydrogen-bond donors (Lipinski definition) is 0. The first kappa shape index (κ1) is 17.7. The van der Waals surface area contributed by atoms with Crippen LogP contribution in [0.15, 0.2) is 64.2 Å². The highest BCUT2D eigenvalue weighted by atomic mass is 16.5. The number of fused-ring (bicyclic) bond motifs is 2. The Bertz CT molecular complexity index is 1450. The number of hydrogen-bond acceptors (Lipinski definition) is 7. The van der Waals surface area contributed by atoms with Gasteiger partial charge in [-0.1, -0.05) is 41.6 Å². The number of allylic oxidation sites excluding steroid dienone is 2. The summed E-state index contributed by atoms with van der Waals surface area (Å²) in [5, 5.41) is 13.5. The summed E-state index contributed by atoms with van der Waals surface area (Å²) in [7, 11) is 0. The Balaban J connectivity index is 1.21. The van der Waals surface area contributed by atoms with Crippen LogP contribution in [-0.4, -0.2) is 24.7 Å². The van der Waals surface area contributed by atoms with Crippen molar-refractivity contribution in [1.82, 2.24) is 24.7 Å². The lowest BCUT2D eigenvalue weighted by molar-refractivity contribution is 0.364. The number of nitriles is 1. The summed E-state index contributed by atoms with van der Waals surface area (Å²) in [6.07, 6.45) is 4.75. The van der Waals surface area contributed by atoms with Crippen molar-refractivity contribution in [3.63, 3.8) is 0 Å². The molecule has 0 unspecified atom stereocenters. The van der Waals surface area contributed by atoms with Crippen molar-refractivity contribution in [2.24, 2.45) is 11.8 Å². The molecule has 0 radical (unpaired) electrons. The summed E-state index contributed by atoms with van der Waals surface area (Å²) in [5.41, 5.74) is 2.87. The van der Waals surface area contributed by atoms with Crippen LogP contribution in [0.25, 0.3) is 16.6 Å². The summed E-state index contributed by atoms with van der Waals surface area (Å²) in [6.45, 7) is 0.141. The maximum Gasteiger partial charge on any atom is 0.263 e. The van der Waals surface area contributed by atoms with Crippen molar-refractivity contribution in [2.45, 2.75) is 18.9 Å². The average molecular weight is 408 g/mol. The van der Waals surface area contributed by atoms with E-state index in [9.17, 15) is 4.79 Å². The van der Waals surface area contributed by atoms with Crippen LogP contribution in [0.5, 0.6) is 0 Å². The van der Waals surface area contributed by atoms with E-state index in [1.54, 1.807) is 6.07 Å². The number of aromatic nitrogens is 5. The van der Waals surface area contributed by atoms with Crippen LogP contribution in [0.1, 0.15) is 35.3 Å². The zero-order chi connectivity index (χ0) is 20.9. The van der Waals surface area contributed by atoms with Crippen molar-refractivity contribution < 1.29 is 4.52 Å². The molecule has 1 aromatic carbocycles. The van der Waals surface area contributed by atoms with E-state index >= 15 is 0 Å². The molecule has 0 spiro atoms. The molecule has 31 heavy (non-hydrogen) atoms. The normalized spacial score (nSPS) is 21.5. The molecule has 3 heterocycles. The molecular formula is C23H16N6O2. The van der Waals surface area contributed by atoms with Gasteiger partial charge in [-0.15, -0.1) is 0 Å². The average Bonchev–Trinajstić information content (AvgIpc) is 3.14. The Morgan fingerprint density at radius 3 is 2.81 bits per heavy atom. The first-order chi connectivity index (χ1) is 15.2. The first-order valence-corrected chi connectivity index (χ1v) is 10.1. The molecule has 6 rings (SSSR count). The highest BCUT2D eigenvalue weighted by Gasteiger charge is 2.55. The van der Waals surface area contributed by atoms with Gasteiger partial charge >= 0.3 is 0 Å². The smallest absolute Gasteiger partial charge is 0.263 e. The van der Waals surface area contributed by atoms with Gasteiger partial charge in [0.15, 0.2) is 11.5 Å². The van der Waals surface area contributed by atoms with Gasteiger partial charge in [-0.05, 0) is 41.5 Å². The third kappa shape index (κ3) is 2.94. The molecule has 3 aromatic heterocycles. The molecule has 1 fully saturated rings. The van der Waals surface area contributed by atoms with Crippen LogP contribution in [-0.2, 0) is 6.54 Å². The molecule has 0 bridgehead atoms. The maximum atomic E-state index is 12.7. The van der Waals surface area contributed by atoms with E-state index in [1.165, 1.54) is 28.1 Å². The number of rotatable bonds is 4. The second-order valence-corrected chi connectivity index (χ2v) is 7.93. The van der Waals surface area contributed by atoms with Crippen LogP contribution < -0.4 is 5.56 Å². The molecule has 0 N–H and O–H groups in total. The summed E-state index contributed by atoms with van der Waals surface area (Å²) in [6, 6.07) is 15.4. The highest BCUT2D eigenvalue weighted by Crippen LogP contribution is 2.62. The number of nitrogens with zero attached hydrogens (tertiary/aromatic N) is 6. The van der Waals surface area contributed by atoms with Crippen molar-refractivity contribution in [3.8, 4) is 6.07 Å². The monoisotopic (exact) mass is 408 g/mol. The van der Waals surface area contributed by atoms with Crippen LogP contribution in [0, 0.1) is 23.2 Å². The minimum Gasteiger partial charge on any atom is -0.337 e. The van der Waals surface area contributed by atoms with Gasteiger partial charge in [-0.2, -0.15) is 10.2 Å². The van der Waals surface area contributed by atoms with Gasteiger partial charge in [0.05, 0.1) is 5.39 Å². The molecule has 0 saturated heterocycles. The van der Waals surface area contributed by atoms with Gasteiger partial charge in [0.1, 0.15) is 24.6 Å². The second-order valence-electron chi connectivity index (χ2n) is 7.93. The van der Waals surface area contributed by atoms with Crippen LogP contribution in [0.4, 0.5) is 0 Å². The first-order valence-electron chi connectivity index (χ1n) is 10.1. The molecule has 0 aliphatic heterocycles. The van der Waals surface area contributed by atoms with Crippen LogP contribution >= 0.6 is 0 Å². The largest absolute Gasteiger partial charge is 0.337 e. The maximum absolute atomic E-state index is 12.7. The van der Waals surface area contributed by atoms with Gasteiger partial charge in [-0.3, -0.25) is 9.36 Å². The zero-order valence-corrected chi connectivity index (χ0v) is 16.3. The lowest BCUT2D eigenvalue weighted by Crippen LogP contribution is -2.21. The standard InChI is InChI=1S/C23H16N6O2/c24-10-15-6-7-16-21(26-15)25-12-29(23(16)30)11-19-27-22(28-31-19)20-17-8-14(9-18(17)20)13-4-2-1-3-5-13/h1-8,12,17-18,20H,9,11H2/t17-,18+,20+/m0/s1. The van der Waals surface area contributed by atoms with Gasteiger partial charge < -0.3 is 4.52 Å². The Morgan fingerprint density at radius 2 is 2.03 bits per heavy atom. The summed E-state index contributed by atoms with van der Waals surface area (Å²) < 4.78 is 6.83. The number of benzene rings is 1. The Hall–Kier alpha value is -4.12. The van der Waals surface area contributed by atoms with Crippen molar-refractivity contribution >= 4 is 16.6 Å². The Kier molecular flexibility index (Phi) is 3.83. The molecule has 8 heteroatoms. The fraction of sp³-hybridized carbons (Fsp3) is 0.217. The van der Waals surface area contributed by atoms with Crippen LogP contribution in [0.3, 0.4) is 0 Å². The lowest BCUT2D eigenvalue weighted by atomic mass is 10.0. The van der Waals surface area contributed by atoms with Gasteiger partial charge in [0.2, 0.25) is 5.89 Å². The van der Waals surface area contributed by atoms with Gasteiger partial charge in [0.25, 0.3) is 5.56 Å². The van der Waals surface area contributed by atoms with E-state index in [0.29, 0.717) is 28.9 Å². The highest BCUT2D eigenvalue weighted by molar-refractivity contribution is 5.73. The molecule has 2 aliphatic rings. The summed E-state index contributed by atoms with van der Waals surface area (Å²) in [5.74, 6) is 2.33. The third-order valence-corrected chi connectivity index (χ3v) is 6.11. The molecule has 150 valence electrons. The van der Waals surface area contributed by atoms with Gasteiger partial charge in [-0.25, -0.2) is 9.97 Å². The summed E-state index contributed by atoms with van der Waals surface area (Å²) in [4.78, 5) is 25.5. The van der Waals surface area contributed by atoms with E-state index in [4.69, 9.17) is 9.78 Å². The molecule has 8 nitrogen and oxygen atoms in total. The molecule has 3 atom stereocenters. The minimum atomic E-state index is -0.263. The predicted molar refractivity (Wildman–Crippen MR) is 111 cm³/mol. The fourth-order valence-corrected chi connectivity index (χ4v) is 4.51. The van der Waals surface area contributed by atoms with E-state index in [-0.39, 0.29) is 29.4 Å². The molecule has 1 saturated carbocycles. The molecule has 4 aromatic rings. The summed E-state index contributed by atoms with van der Waals surface area (Å²) >= 11 is 0. The van der Waals surface area contributed by atoms with Crippen LogP contribution in [0.2, 0.25) is 0 Å². The molecular weight excluding hydrogens is 392 g/mol. The van der Waals surface area contributed by atoms with E-state index in [2.05, 4.69) is 50.5 Å². The van der Waals surface area contributed by atoms with Gasteiger partial charge in [0, 0.05) is 5.92 Å².